The normalized spacial score (nSPS) is 22.4. The van der Waals surface area contributed by atoms with Gasteiger partial charge in [-0.05, 0) is 42.0 Å². The first-order valence-electron chi connectivity index (χ1n) is 14.2. The van der Waals surface area contributed by atoms with Gasteiger partial charge in [0.15, 0.2) is 0 Å². The van der Waals surface area contributed by atoms with Gasteiger partial charge >= 0.3 is 6.03 Å². The first-order chi connectivity index (χ1) is 20.1. The minimum absolute atomic E-state index is 0.0810. The van der Waals surface area contributed by atoms with Gasteiger partial charge in [0.2, 0.25) is 0 Å². The zero-order valence-corrected chi connectivity index (χ0v) is 23.4. The molecule has 5 rings (SSSR count). The minimum Gasteiger partial charge on any atom is -0.376 e. The summed E-state index contributed by atoms with van der Waals surface area (Å²) in [6, 6.07) is 28.8. The highest BCUT2D eigenvalue weighted by atomic mass is 16.5. The predicted molar refractivity (Wildman–Crippen MR) is 160 cm³/mol. The molecule has 0 spiro atoms. The summed E-state index contributed by atoms with van der Waals surface area (Å²) >= 11 is 0. The summed E-state index contributed by atoms with van der Waals surface area (Å²) in [5.41, 5.74) is 2.28. The van der Waals surface area contributed by atoms with Crippen molar-refractivity contribution in [3.05, 3.63) is 133 Å². The Balaban J connectivity index is 1.36. The van der Waals surface area contributed by atoms with Gasteiger partial charge in [0.05, 0.1) is 31.5 Å². The van der Waals surface area contributed by atoms with Gasteiger partial charge in [-0.2, -0.15) is 0 Å². The second-order valence-corrected chi connectivity index (χ2v) is 10.9. The van der Waals surface area contributed by atoms with Crippen molar-refractivity contribution in [1.29, 1.82) is 0 Å². The van der Waals surface area contributed by atoms with Crippen LogP contribution in [-0.4, -0.2) is 53.1 Å². The summed E-state index contributed by atoms with van der Waals surface area (Å²) in [4.78, 5) is 30.7. The van der Waals surface area contributed by atoms with Crippen LogP contribution in [0, 0.1) is 11.8 Å². The van der Waals surface area contributed by atoms with E-state index in [0.717, 1.165) is 17.5 Å². The molecule has 0 radical (unpaired) electrons. The molecular weight excluding hydrogens is 512 g/mol. The average molecular weight is 551 g/mol. The Morgan fingerprint density at radius 1 is 0.805 bits per heavy atom. The minimum atomic E-state index is -0.413. The molecule has 3 aromatic rings. The Labute approximate surface area is 242 Å². The van der Waals surface area contributed by atoms with Gasteiger partial charge in [-0.15, -0.1) is 13.2 Å². The van der Waals surface area contributed by atoms with E-state index in [1.54, 1.807) is 36.4 Å². The molecule has 2 aliphatic carbocycles. The van der Waals surface area contributed by atoms with Crippen molar-refractivity contribution in [3.63, 3.8) is 0 Å². The van der Waals surface area contributed by atoms with Crippen molar-refractivity contribution in [1.82, 2.24) is 9.80 Å². The molecule has 0 aliphatic heterocycles. The van der Waals surface area contributed by atoms with E-state index < -0.39 is 5.54 Å². The molecule has 0 aromatic heterocycles. The summed E-state index contributed by atoms with van der Waals surface area (Å²) in [6.45, 7) is 9.76. The van der Waals surface area contributed by atoms with Gasteiger partial charge in [0.25, 0.3) is 5.91 Å². The van der Waals surface area contributed by atoms with E-state index in [9.17, 15) is 9.59 Å². The molecule has 0 bridgehead atoms. The van der Waals surface area contributed by atoms with E-state index in [1.807, 2.05) is 47.4 Å². The van der Waals surface area contributed by atoms with Crippen LogP contribution in [0.5, 0.6) is 0 Å². The third-order valence-corrected chi connectivity index (χ3v) is 8.27. The average Bonchev–Trinajstić information content (AvgIpc) is 3.66. The SMILES string of the molecule is C=CCN(C(=O)c1ccccc1)C(=O)N(CC=C)[C@@]12C[C@H](OCc3ccccc3)[C@@H](COCc3ccccc3)[C@@H]1C2. The standard InChI is InChI=1S/C35H38N2O4/c1-3-20-36(33(38)29-18-12-7-13-19-29)34(39)37(21-4-2)35-22-31(35)30(26-40-24-27-14-8-5-9-15-27)32(23-35)41-25-28-16-10-6-11-17-28/h3-19,30-32H,1-2,20-26H2/t30-,31-,32-,35-/m0/s1. The molecule has 2 fully saturated rings. The van der Waals surface area contributed by atoms with Crippen molar-refractivity contribution in [3.8, 4) is 0 Å². The number of amides is 3. The van der Waals surface area contributed by atoms with E-state index in [4.69, 9.17) is 9.47 Å². The Bertz CT molecular complexity index is 1330. The van der Waals surface area contributed by atoms with Gasteiger partial charge in [-0.3, -0.25) is 9.69 Å². The summed E-state index contributed by atoms with van der Waals surface area (Å²) in [5, 5.41) is 0. The molecule has 41 heavy (non-hydrogen) atoms. The van der Waals surface area contributed by atoms with Crippen molar-refractivity contribution in [2.24, 2.45) is 11.8 Å². The number of benzene rings is 3. The van der Waals surface area contributed by atoms with Crippen LogP contribution in [0.4, 0.5) is 4.79 Å². The molecule has 6 heteroatoms. The van der Waals surface area contributed by atoms with Crippen molar-refractivity contribution in [2.75, 3.05) is 19.7 Å². The van der Waals surface area contributed by atoms with Crippen LogP contribution in [0.1, 0.15) is 34.3 Å². The van der Waals surface area contributed by atoms with Crippen LogP contribution in [-0.2, 0) is 22.7 Å². The van der Waals surface area contributed by atoms with Gasteiger partial charge < -0.3 is 14.4 Å². The molecule has 212 valence electrons. The Hall–Kier alpha value is -4.00. The fourth-order valence-electron chi connectivity index (χ4n) is 6.20. The molecule has 3 aromatic carbocycles. The largest absolute Gasteiger partial charge is 0.376 e. The maximum Gasteiger partial charge on any atom is 0.328 e. The molecule has 0 heterocycles. The van der Waals surface area contributed by atoms with Crippen molar-refractivity contribution >= 4 is 11.9 Å². The Kier molecular flexibility index (Phi) is 9.12. The first-order valence-corrected chi connectivity index (χ1v) is 14.2. The number of ether oxygens (including phenoxy) is 2. The first kappa shape index (κ1) is 28.5. The predicted octanol–water partition coefficient (Wildman–Crippen LogP) is 6.50. The monoisotopic (exact) mass is 550 g/mol. The number of carbonyl (C=O) groups excluding carboxylic acids is 2. The lowest BCUT2D eigenvalue weighted by Crippen LogP contribution is -2.52. The van der Waals surface area contributed by atoms with Crippen LogP contribution >= 0.6 is 0 Å². The number of nitrogens with zero attached hydrogens (tertiary/aromatic N) is 2. The lowest BCUT2D eigenvalue weighted by molar-refractivity contribution is -0.0314. The van der Waals surface area contributed by atoms with E-state index in [0.29, 0.717) is 38.3 Å². The maximum atomic E-state index is 14.1. The van der Waals surface area contributed by atoms with Gasteiger partial charge in [-0.25, -0.2) is 4.79 Å². The zero-order chi connectivity index (χ0) is 28.7. The third-order valence-electron chi connectivity index (χ3n) is 8.27. The summed E-state index contributed by atoms with van der Waals surface area (Å²) < 4.78 is 12.8. The number of fused-ring (bicyclic) bond motifs is 1. The highest BCUT2D eigenvalue weighted by molar-refractivity contribution is 6.04. The summed E-state index contributed by atoms with van der Waals surface area (Å²) in [7, 11) is 0. The lowest BCUT2D eigenvalue weighted by Gasteiger charge is -2.35. The molecule has 2 aliphatic rings. The van der Waals surface area contributed by atoms with E-state index in [-0.39, 0.29) is 36.4 Å². The highest BCUT2D eigenvalue weighted by Crippen LogP contribution is 2.63. The zero-order valence-electron chi connectivity index (χ0n) is 23.4. The summed E-state index contributed by atoms with van der Waals surface area (Å²) in [5.74, 6) is -0.00337. The molecule has 6 nitrogen and oxygen atoms in total. The second kappa shape index (κ2) is 13.1. The molecular formula is C35H38N2O4. The number of hydrogen-bond acceptors (Lipinski definition) is 4. The molecule has 3 amide bonds. The van der Waals surface area contributed by atoms with Crippen LogP contribution in [0.3, 0.4) is 0 Å². The second-order valence-electron chi connectivity index (χ2n) is 10.9. The van der Waals surface area contributed by atoms with Gasteiger partial charge in [-0.1, -0.05) is 91.0 Å². The number of rotatable bonds is 13. The molecule has 0 saturated heterocycles. The molecule has 2 saturated carbocycles. The van der Waals surface area contributed by atoms with Gasteiger partial charge in [0, 0.05) is 24.6 Å². The third kappa shape index (κ3) is 6.34. The maximum absolute atomic E-state index is 14.1. The van der Waals surface area contributed by atoms with Crippen molar-refractivity contribution in [2.45, 2.75) is 37.7 Å². The van der Waals surface area contributed by atoms with E-state index in [1.165, 1.54) is 4.90 Å². The number of carbonyl (C=O) groups is 2. The highest BCUT2D eigenvalue weighted by Gasteiger charge is 2.69. The molecule has 4 atom stereocenters. The number of hydrogen-bond donors (Lipinski definition) is 0. The quantitative estimate of drug-likeness (QED) is 0.228. The fraction of sp³-hybridized carbons (Fsp3) is 0.314. The fourth-order valence-corrected chi connectivity index (χ4v) is 6.20. The Morgan fingerprint density at radius 3 is 2.00 bits per heavy atom. The number of urea groups is 1. The lowest BCUT2D eigenvalue weighted by atomic mass is 10.0. The van der Waals surface area contributed by atoms with E-state index in [2.05, 4.69) is 37.4 Å². The van der Waals surface area contributed by atoms with E-state index >= 15 is 0 Å². The van der Waals surface area contributed by atoms with Crippen molar-refractivity contribution < 1.29 is 19.1 Å². The van der Waals surface area contributed by atoms with Crippen LogP contribution in [0.15, 0.2) is 116 Å². The molecule has 0 N–H and O–H groups in total. The molecule has 0 unspecified atom stereocenters. The van der Waals surface area contributed by atoms with Crippen LogP contribution in [0.2, 0.25) is 0 Å². The topological polar surface area (TPSA) is 59.1 Å². The summed E-state index contributed by atoms with van der Waals surface area (Å²) in [6.07, 6.45) is 4.78. The Morgan fingerprint density at radius 2 is 1.39 bits per heavy atom. The smallest absolute Gasteiger partial charge is 0.328 e. The number of imide groups is 1. The van der Waals surface area contributed by atoms with Crippen LogP contribution < -0.4 is 0 Å². The van der Waals surface area contributed by atoms with Crippen LogP contribution in [0.25, 0.3) is 0 Å². The van der Waals surface area contributed by atoms with Gasteiger partial charge in [0.1, 0.15) is 0 Å².